The molecule has 5 nitrogen and oxygen atoms in total. The van der Waals surface area contributed by atoms with Crippen LogP contribution < -0.4 is 10.2 Å². The third-order valence-corrected chi connectivity index (χ3v) is 3.59. The van der Waals surface area contributed by atoms with Gasteiger partial charge >= 0.3 is 4.87 Å². The van der Waals surface area contributed by atoms with E-state index in [9.17, 15) is 13.2 Å². The molecule has 1 atom stereocenters. The van der Waals surface area contributed by atoms with E-state index < -0.39 is 9.84 Å². The molecule has 0 radical (unpaired) electrons. The minimum Gasteiger partial charge on any atom is -0.315 e. The van der Waals surface area contributed by atoms with E-state index in [4.69, 9.17) is 0 Å². The smallest absolute Gasteiger partial charge is 0.304 e. The maximum atomic E-state index is 11.0. The van der Waals surface area contributed by atoms with E-state index in [1.165, 1.54) is 6.26 Å². The molecule has 0 aliphatic rings. The van der Waals surface area contributed by atoms with Crippen LogP contribution in [0.2, 0.25) is 0 Å². The monoisotopic (exact) mass is 250 g/mol. The van der Waals surface area contributed by atoms with Crippen LogP contribution in [0.25, 0.3) is 0 Å². The molecule has 0 bridgehead atoms. The van der Waals surface area contributed by atoms with Gasteiger partial charge in [-0.2, -0.15) is 0 Å². The fourth-order valence-electron chi connectivity index (χ4n) is 1.20. The predicted octanol–water partition coefficient (Wildman–Crippen LogP) is -0.0409. The Kier molecular flexibility index (Phi) is 4.06. The Morgan fingerprint density at radius 2 is 2.27 bits per heavy atom. The Morgan fingerprint density at radius 3 is 2.73 bits per heavy atom. The molecule has 86 valence electrons. The summed E-state index contributed by atoms with van der Waals surface area (Å²) in [6.07, 6.45) is 1.21. The highest BCUT2D eigenvalue weighted by molar-refractivity contribution is 7.90. The number of hydrogen-bond acceptors (Lipinski definition) is 5. The van der Waals surface area contributed by atoms with Crippen LogP contribution in [0.3, 0.4) is 0 Å². The fraction of sp³-hybridized carbons (Fsp3) is 0.625. The number of H-pyrrole nitrogens is 1. The number of thiazole rings is 1. The van der Waals surface area contributed by atoms with Crippen molar-refractivity contribution in [2.75, 3.05) is 12.0 Å². The molecule has 0 aliphatic carbocycles. The van der Waals surface area contributed by atoms with Gasteiger partial charge in [-0.05, 0) is 6.92 Å². The number of nitrogens with one attached hydrogen (secondary N) is 2. The Balaban J connectivity index is 2.41. The van der Waals surface area contributed by atoms with E-state index in [1.54, 1.807) is 12.3 Å². The molecule has 0 saturated heterocycles. The zero-order chi connectivity index (χ0) is 11.5. The van der Waals surface area contributed by atoms with E-state index in [0.717, 1.165) is 17.0 Å². The van der Waals surface area contributed by atoms with Crippen molar-refractivity contribution in [3.63, 3.8) is 0 Å². The van der Waals surface area contributed by atoms with Crippen LogP contribution in [0.1, 0.15) is 12.6 Å². The zero-order valence-corrected chi connectivity index (χ0v) is 10.2. The zero-order valence-electron chi connectivity index (χ0n) is 8.61. The molecule has 1 unspecified atom stereocenters. The molecule has 1 rings (SSSR count). The van der Waals surface area contributed by atoms with Crippen molar-refractivity contribution in [2.45, 2.75) is 19.5 Å². The lowest BCUT2D eigenvalue weighted by atomic mass is 10.3. The molecule has 15 heavy (non-hydrogen) atoms. The summed E-state index contributed by atoms with van der Waals surface area (Å²) in [5, 5.41) is 4.75. The lowest BCUT2D eigenvalue weighted by Crippen LogP contribution is -2.32. The first kappa shape index (κ1) is 12.4. The Bertz CT molecular complexity index is 460. The average Bonchev–Trinajstić information content (AvgIpc) is 2.45. The van der Waals surface area contributed by atoms with E-state index in [1.807, 2.05) is 0 Å². The summed E-state index contributed by atoms with van der Waals surface area (Å²) in [7, 11) is -2.95. The van der Waals surface area contributed by atoms with Crippen molar-refractivity contribution in [1.29, 1.82) is 0 Å². The summed E-state index contributed by atoms with van der Waals surface area (Å²) in [4.78, 5) is 13.4. The van der Waals surface area contributed by atoms with Crippen LogP contribution in [0.5, 0.6) is 0 Å². The van der Waals surface area contributed by atoms with Crippen LogP contribution in [-0.2, 0) is 16.4 Å². The van der Waals surface area contributed by atoms with Crippen LogP contribution in [0, 0.1) is 0 Å². The second-order valence-corrected chi connectivity index (χ2v) is 6.57. The molecular weight excluding hydrogens is 236 g/mol. The van der Waals surface area contributed by atoms with E-state index in [2.05, 4.69) is 10.3 Å². The number of aromatic amines is 1. The van der Waals surface area contributed by atoms with Gasteiger partial charge in [0, 0.05) is 29.9 Å². The van der Waals surface area contributed by atoms with Crippen molar-refractivity contribution in [2.24, 2.45) is 0 Å². The minimum absolute atomic E-state index is 0.0948. The first-order valence-electron chi connectivity index (χ1n) is 4.44. The van der Waals surface area contributed by atoms with Gasteiger partial charge in [0.25, 0.3) is 0 Å². The van der Waals surface area contributed by atoms with Crippen LogP contribution in [0.15, 0.2) is 10.2 Å². The lowest BCUT2D eigenvalue weighted by molar-refractivity contribution is 0.557. The third kappa shape index (κ3) is 5.10. The standard InChI is InChI=1S/C8H14N2O3S2/c1-6(5-15(2,12)13)9-3-7-4-14-8(11)10-7/h4,6,9H,3,5H2,1-2H3,(H,10,11). The summed E-state index contributed by atoms with van der Waals surface area (Å²) in [5.74, 6) is 0.0986. The second kappa shape index (κ2) is 4.91. The van der Waals surface area contributed by atoms with Gasteiger partial charge in [0.1, 0.15) is 9.84 Å². The van der Waals surface area contributed by atoms with Crippen LogP contribution in [0.4, 0.5) is 0 Å². The highest BCUT2D eigenvalue weighted by Gasteiger charge is 2.09. The molecule has 1 aromatic heterocycles. The number of aromatic nitrogens is 1. The van der Waals surface area contributed by atoms with Crippen molar-refractivity contribution in [3.05, 3.63) is 20.7 Å². The Labute approximate surface area is 92.5 Å². The van der Waals surface area contributed by atoms with Gasteiger partial charge in [0.15, 0.2) is 0 Å². The Hall–Kier alpha value is -0.660. The molecule has 0 amide bonds. The molecular formula is C8H14N2O3S2. The van der Waals surface area contributed by atoms with Crippen molar-refractivity contribution in [1.82, 2.24) is 10.3 Å². The summed E-state index contributed by atoms with van der Waals surface area (Å²) in [6.45, 7) is 2.28. The molecule has 0 fully saturated rings. The number of rotatable bonds is 5. The number of sulfone groups is 1. The molecule has 1 heterocycles. The van der Waals surface area contributed by atoms with Gasteiger partial charge in [-0.3, -0.25) is 4.79 Å². The largest absolute Gasteiger partial charge is 0.315 e. The van der Waals surface area contributed by atoms with Gasteiger partial charge in [-0.1, -0.05) is 11.3 Å². The van der Waals surface area contributed by atoms with Crippen molar-refractivity contribution >= 4 is 21.2 Å². The van der Waals surface area contributed by atoms with Crippen molar-refractivity contribution < 1.29 is 8.42 Å². The quantitative estimate of drug-likeness (QED) is 0.768. The third-order valence-electron chi connectivity index (χ3n) is 1.76. The summed E-state index contributed by atoms with van der Waals surface area (Å²) >= 11 is 1.10. The molecule has 0 aliphatic heterocycles. The van der Waals surface area contributed by atoms with E-state index in [0.29, 0.717) is 6.54 Å². The van der Waals surface area contributed by atoms with Gasteiger partial charge in [0.2, 0.25) is 0 Å². The van der Waals surface area contributed by atoms with Crippen LogP contribution in [-0.4, -0.2) is 31.5 Å². The SMILES string of the molecule is CC(CS(C)(=O)=O)NCc1csc(=O)[nH]1. The normalized spacial score (nSPS) is 14.0. The first-order valence-corrected chi connectivity index (χ1v) is 7.38. The molecule has 2 N–H and O–H groups in total. The fourth-order valence-corrected chi connectivity index (χ4v) is 2.81. The topological polar surface area (TPSA) is 79.0 Å². The summed E-state index contributed by atoms with van der Waals surface area (Å²) in [6, 6.07) is -0.122. The van der Waals surface area contributed by atoms with Gasteiger partial charge < -0.3 is 10.3 Å². The second-order valence-electron chi connectivity index (χ2n) is 3.55. The highest BCUT2D eigenvalue weighted by Crippen LogP contribution is 1.97. The minimum atomic E-state index is -2.95. The van der Waals surface area contributed by atoms with Gasteiger partial charge in [-0.25, -0.2) is 8.42 Å². The average molecular weight is 250 g/mol. The molecule has 7 heteroatoms. The molecule has 1 aromatic rings. The van der Waals surface area contributed by atoms with Crippen LogP contribution >= 0.6 is 11.3 Å². The highest BCUT2D eigenvalue weighted by atomic mass is 32.2. The van der Waals surface area contributed by atoms with Gasteiger partial charge in [-0.15, -0.1) is 0 Å². The van der Waals surface area contributed by atoms with E-state index in [-0.39, 0.29) is 16.7 Å². The summed E-state index contributed by atoms with van der Waals surface area (Å²) in [5.41, 5.74) is 0.783. The number of hydrogen-bond donors (Lipinski definition) is 2. The molecule has 0 saturated carbocycles. The maximum Gasteiger partial charge on any atom is 0.304 e. The lowest BCUT2D eigenvalue weighted by Gasteiger charge is -2.11. The maximum absolute atomic E-state index is 11.0. The molecule has 0 aromatic carbocycles. The van der Waals surface area contributed by atoms with Gasteiger partial charge in [0.05, 0.1) is 5.75 Å². The van der Waals surface area contributed by atoms with E-state index >= 15 is 0 Å². The first-order chi connectivity index (χ1) is 6.87. The summed E-state index contributed by atoms with van der Waals surface area (Å²) < 4.78 is 21.9. The Morgan fingerprint density at radius 1 is 1.60 bits per heavy atom. The predicted molar refractivity (Wildman–Crippen MR) is 61.0 cm³/mol. The molecule has 0 spiro atoms. The van der Waals surface area contributed by atoms with Crippen molar-refractivity contribution in [3.8, 4) is 0 Å².